The molecule has 0 spiro atoms. The molecule has 0 saturated heterocycles. The maximum atomic E-state index is 8.97. The zero-order chi connectivity index (χ0) is 12.3. The van der Waals surface area contributed by atoms with Crippen LogP contribution in [0.25, 0.3) is 0 Å². The summed E-state index contributed by atoms with van der Waals surface area (Å²) >= 11 is 5.97. The smallest absolute Gasteiger partial charge is 0.239 e. The molecule has 17 heavy (non-hydrogen) atoms. The van der Waals surface area contributed by atoms with E-state index in [1.807, 2.05) is 0 Å². The van der Waals surface area contributed by atoms with Crippen molar-refractivity contribution in [2.45, 2.75) is 19.3 Å². The van der Waals surface area contributed by atoms with Crippen LogP contribution in [0.15, 0.2) is 6.20 Å². The van der Waals surface area contributed by atoms with E-state index in [0.717, 1.165) is 25.8 Å². The summed E-state index contributed by atoms with van der Waals surface area (Å²) in [6.07, 6.45) is 4.57. The van der Waals surface area contributed by atoms with Gasteiger partial charge < -0.3 is 10.4 Å². The molecule has 94 valence electrons. The number of nitrogen functional groups attached to an aromatic ring is 1. The molecule has 0 aliphatic heterocycles. The highest BCUT2D eigenvalue weighted by Gasteiger charge is 2.41. The van der Waals surface area contributed by atoms with Gasteiger partial charge in [-0.15, -0.1) is 0 Å². The van der Waals surface area contributed by atoms with Crippen LogP contribution in [0.3, 0.4) is 0 Å². The highest BCUT2D eigenvalue weighted by Crippen LogP contribution is 2.48. The maximum Gasteiger partial charge on any atom is 0.239 e. The van der Waals surface area contributed by atoms with Gasteiger partial charge in [-0.2, -0.15) is 4.98 Å². The number of rotatable bonds is 6. The molecule has 6 nitrogen and oxygen atoms in total. The third-order valence-electron chi connectivity index (χ3n) is 3.10. The molecule has 7 heteroatoms. The van der Waals surface area contributed by atoms with Crippen LogP contribution in [-0.4, -0.2) is 28.2 Å². The van der Waals surface area contributed by atoms with Crippen molar-refractivity contribution in [3.05, 3.63) is 11.2 Å². The number of aromatic nitrogens is 2. The van der Waals surface area contributed by atoms with E-state index in [9.17, 15) is 0 Å². The van der Waals surface area contributed by atoms with Crippen molar-refractivity contribution in [3.8, 4) is 0 Å². The molecule has 0 unspecified atom stereocenters. The number of aliphatic hydroxyl groups excluding tert-OH is 1. The van der Waals surface area contributed by atoms with E-state index in [0.29, 0.717) is 16.8 Å². The van der Waals surface area contributed by atoms with E-state index in [-0.39, 0.29) is 12.0 Å². The van der Waals surface area contributed by atoms with Crippen LogP contribution >= 0.6 is 11.6 Å². The van der Waals surface area contributed by atoms with Gasteiger partial charge in [-0.05, 0) is 24.7 Å². The van der Waals surface area contributed by atoms with Crippen molar-refractivity contribution in [2.75, 3.05) is 23.9 Å². The number of nitrogens with zero attached hydrogens (tertiary/aromatic N) is 2. The minimum Gasteiger partial charge on any atom is -0.396 e. The second kappa shape index (κ2) is 5.03. The van der Waals surface area contributed by atoms with Crippen LogP contribution in [0.2, 0.25) is 5.02 Å². The number of hydrogen-bond acceptors (Lipinski definition) is 6. The zero-order valence-corrected chi connectivity index (χ0v) is 10.2. The highest BCUT2D eigenvalue weighted by molar-refractivity contribution is 6.32. The fraction of sp³-hybridized carbons (Fsp3) is 0.600. The predicted octanol–water partition coefficient (Wildman–Crippen LogP) is 0.990. The van der Waals surface area contributed by atoms with Gasteiger partial charge in [0.2, 0.25) is 5.95 Å². The van der Waals surface area contributed by atoms with Gasteiger partial charge in [-0.1, -0.05) is 11.6 Å². The number of nitrogens with two attached hydrogens (primary N) is 1. The van der Waals surface area contributed by atoms with Crippen molar-refractivity contribution in [1.82, 2.24) is 9.97 Å². The van der Waals surface area contributed by atoms with Crippen LogP contribution in [0, 0.1) is 5.41 Å². The Bertz CT molecular complexity index is 396. The summed E-state index contributed by atoms with van der Waals surface area (Å²) in [4.78, 5) is 8.02. The first-order valence-corrected chi connectivity index (χ1v) is 5.91. The summed E-state index contributed by atoms with van der Waals surface area (Å²) < 4.78 is 0. The molecular weight excluding hydrogens is 242 g/mol. The number of nitrogens with one attached hydrogen (secondary N) is 2. The molecule has 1 aromatic heterocycles. The van der Waals surface area contributed by atoms with Crippen molar-refractivity contribution in [1.29, 1.82) is 0 Å². The van der Waals surface area contributed by atoms with Crippen LogP contribution < -0.4 is 16.6 Å². The Balaban J connectivity index is 1.98. The lowest BCUT2D eigenvalue weighted by atomic mass is 10.0. The van der Waals surface area contributed by atoms with E-state index in [1.165, 1.54) is 6.20 Å². The van der Waals surface area contributed by atoms with Crippen LogP contribution in [0.1, 0.15) is 19.3 Å². The van der Waals surface area contributed by atoms with Crippen LogP contribution in [0.4, 0.5) is 11.8 Å². The quantitative estimate of drug-likeness (QED) is 0.448. The molecule has 1 aliphatic rings. The molecule has 1 heterocycles. The molecule has 0 aromatic carbocycles. The molecule has 1 aliphatic carbocycles. The van der Waals surface area contributed by atoms with Gasteiger partial charge in [0.1, 0.15) is 5.02 Å². The normalized spacial score (nSPS) is 16.6. The first kappa shape index (κ1) is 12.3. The van der Waals surface area contributed by atoms with Gasteiger partial charge in [0.05, 0.1) is 6.20 Å². The zero-order valence-electron chi connectivity index (χ0n) is 9.41. The van der Waals surface area contributed by atoms with Gasteiger partial charge >= 0.3 is 0 Å². The van der Waals surface area contributed by atoms with Gasteiger partial charge in [0, 0.05) is 13.2 Å². The molecular formula is C10H16ClN5O. The van der Waals surface area contributed by atoms with E-state index >= 15 is 0 Å². The summed E-state index contributed by atoms with van der Waals surface area (Å²) in [6, 6.07) is 0. The van der Waals surface area contributed by atoms with E-state index < -0.39 is 0 Å². The lowest BCUT2D eigenvalue weighted by Crippen LogP contribution is -2.18. The SMILES string of the molecule is NNc1ncc(Cl)c(NCC2(CCO)CC2)n1. The molecule has 0 atom stereocenters. The topological polar surface area (TPSA) is 96.1 Å². The third-order valence-corrected chi connectivity index (χ3v) is 3.38. The number of halogens is 1. The predicted molar refractivity (Wildman–Crippen MR) is 66.7 cm³/mol. The van der Waals surface area contributed by atoms with Gasteiger partial charge in [0.25, 0.3) is 0 Å². The lowest BCUT2D eigenvalue weighted by Gasteiger charge is -2.15. The average molecular weight is 258 g/mol. The Morgan fingerprint density at radius 1 is 1.53 bits per heavy atom. The lowest BCUT2D eigenvalue weighted by molar-refractivity contribution is 0.253. The van der Waals surface area contributed by atoms with Gasteiger partial charge in [-0.25, -0.2) is 10.8 Å². The molecule has 2 rings (SSSR count). The Morgan fingerprint density at radius 2 is 2.29 bits per heavy atom. The molecule has 1 aromatic rings. The minimum absolute atomic E-state index is 0.208. The molecule has 0 bridgehead atoms. The van der Waals surface area contributed by atoms with Gasteiger partial charge in [0.15, 0.2) is 5.82 Å². The molecule has 1 saturated carbocycles. The number of hydrazine groups is 1. The van der Waals surface area contributed by atoms with Gasteiger partial charge in [-0.3, -0.25) is 5.43 Å². The number of anilines is 2. The Labute approximate surface area is 105 Å². The summed E-state index contributed by atoms with van der Waals surface area (Å²) in [7, 11) is 0. The number of hydrogen-bond donors (Lipinski definition) is 4. The fourth-order valence-corrected chi connectivity index (χ4v) is 1.92. The largest absolute Gasteiger partial charge is 0.396 e. The monoisotopic (exact) mass is 257 g/mol. The standard InChI is InChI=1S/C10H16ClN5O/c11-7-5-13-9(16-12)15-8(7)14-6-10(1-2-10)3-4-17/h5,17H,1-4,6,12H2,(H2,13,14,15,16). The summed E-state index contributed by atoms with van der Waals surface area (Å²) in [5.74, 6) is 6.12. The Hall–Kier alpha value is -1.11. The number of aliphatic hydroxyl groups is 1. The minimum atomic E-state index is 0.208. The molecule has 5 N–H and O–H groups in total. The summed E-state index contributed by atoms with van der Waals surface area (Å²) in [5.41, 5.74) is 2.58. The second-order valence-electron chi connectivity index (χ2n) is 4.36. The first-order valence-electron chi connectivity index (χ1n) is 5.53. The van der Waals surface area contributed by atoms with E-state index in [4.69, 9.17) is 22.6 Å². The van der Waals surface area contributed by atoms with Crippen LogP contribution in [-0.2, 0) is 0 Å². The van der Waals surface area contributed by atoms with Crippen molar-refractivity contribution < 1.29 is 5.11 Å². The third kappa shape index (κ3) is 2.96. The Kier molecular flexibility index (Phi) is 3.66. The molecule has 0 amide bonds. The summed E-state index contributed by atoms with van der Waals surface area (Å²) in [5, 5.41) is 12.6. The van der Waals surface area contributed by atoms with Crippen molar-refractivity contribution in [3.63, 3.8) is 0 Å². The van der Waals surface area contributed by atoms with E-state index in [1.54, 1.807) is 0 Å². The molecule has 0 radical (unpaired) electrons. The van der Waals surface area contributed by atoms with E-state index in [2.05, 4.69) is 20.7 Å². The average Bonchev–Trinajstić information content (AvgIpc) is 3.09. The maximum absolute atomic E-state index is 8.97. The summed E-state index contributed by atoms with van der Waals surface area (Å²) in [6.45, 7) is 0.975. The van der Waals surface area contributed by atoms with Crippen molar-refractivity contribution >= 4 is 23.4 Å². The van der Waals surface area contributed by atoms with Crippen LogP contribution in [0.5, 0.6) is 0 Å². The Morgan fingerprint density at radius 3 is 2.88 bits per heavy atom. The fourth-order valence-electron chi connectivity index (χ4n) is 1.76. The molecule has 1 fully saturated rings. The highest BCUT2D eigenvalue weighted by atomic mass is 35.5. The second-order valence-corrected chi connectivity index (χ2v) is 4.77. The van der Waals surface area contributed by atoms with Crippen molar-refractivity contribution in [2.24, 2.45) is 11.3 Å². The first-order chi connectivity index (χ1) is 8.19.